The maximum absolute atomic E-state index is 10.5. The Morgan fingerprint density at radius 2 is 1.14 bits per heavy atom. The standard InChI is InChI=1S/C24H38O11/c1-24(2,35-8-15-6-27-15)16-9-31-21-17(10-32-20(16)21)28-3-13(25)4-29-18-11-33-23-19(12-34-22(18)23)30-7-14-5-26-14/h13-23,25H,3-12H2,1-2H3/t13?,14?,15?,16-,17+,18-,19+,20-,21-,22-,23-/m1/s1. The molecular formula is C24H38O11. The van der Waals surface area contributed by atoms with E-state index in [9.17, 15) is 5.11 Å². The van der Waals surface area contributed by atoms with Gasteiger partial charge in [-0.05, 0) is 13.8 Å². The smallest absolute Gasteiger partial charge is 0.115 e. The molecule has 6 aliphatic rings. The number of hydrogen-bond acceptors (Lipinski definition) is 11. The monoisotopic (exact) mass is 502 g/mol. The average molecular weight is 503 g/mol. The van der Waals surface area contributed by atoms with Crippen LogP contribution in [-0.2, 0) is 47.4 Å². The quantitative estimate of drug-likeness (QED) is 0.322. The second-order valence-corrected chi connectivity index (χ2v) is 10.9. The number of aliphatic hydroxyl groups is 1. The summed E-state index contributed by atoms with van der Waals surface area (Å²) in [6.07, 6.45) is -1.49. The molecule has 6 fully saturated rings. The van der Waals surface area contributed by atoms with Gasteiger partial charge < -0.3 is 52.5 Å². The molecule has 11 heteroatoms. The predicted molar refractivity (Wildman–Crippen MR) is 117 cm³/mol. The Labute approximate surface area is 205 Å². The first-order chi connectivity index (χ1) is 17.0. The van der Waals surface area contributed by atoms with Gasteiger partial charge in [0.15, 0.2) is 0 Å². The second-order valence-electron chi connectivity index (χ2n) is 10.9. The van der Waals surface area contributed by atoms with E-state index in [-0.39, 0.29) is 79.7 Å². The van der Waals surface area contributed by atoms with Crippen LogP contribution in [-0.4, -0.2) is 138 Å². The van der Waals surface area contributed by atoms with Crippen LogP contribution in [0.3, 0.4) is 0 Å². The Morgan fingerprint density at radius 3 is 1.74 bits per heavy atom. The van der Waals surface area contributed by atoms with Gasteiger partial charge in [0, 0.05) is 5.92 Å². The van der Waals surface area contributed by atoms with Crippen molar-refractivity contribution < 1.29 is 52.5 Å². The molecule has 6 heterocycles. The molecule has 0 amide bonds. The van der Waals surface area contributed by atoms with Crippen LogP contribution in [0.25, 0.3) is 0 Å². The molecule has 11 atom stereocenters. The highest BCUT2D eigenvalue weighted by Crippen LogP contribution is 2.40. The van der Waals surface area contributed by atoms with E-state index in [0.29, 0.717) is 39.6 Å². The molecule has 35 heavy (non-hydrogen) atoms. The van der Waals surface area contributed by atoms with Crippen molar-refractivity contribution in [3.8, 4) is 0 Å². The van der Waals surface area contributed by atoms with Crippen LogP contribution in [0.1, 0.15) is 13.8 Å². The lowest BCUT2D eigenvalue weighted by Gasteiger charge is -2.33. The van der Waals surface area contributed by atoms with Gasteiger partial charge in [0.2, 0.25) is 0 Å². The zero-order chi connectivity index (χ0) is 24.0. The summed E-state index contributed by atoms with van der Waals surface area (Å²) in [5.74, 6) is 0.111. The van der Waals surface area contributed by atoms with Crippen LogP contribution in [0.2, 0.25) is 0 Å². The third-order valence-electron chi connectivity index (χ3n) is 7.81. The molecule has 0 saturated carbocycles. The zero-order valence-corrected chi connectivity index (χ0v) is 20.5. The lowest BCUT2D eigenvalue weighted by atomic mass is 9.86. The SMILES string of the molecule is CC(C)(OCC1CO1)[C@@H]1CO[C@H]2[C@@H]1OC[C@@H]2OCC(O)CO[C@@H]1CO[C@H]2[C@@H]1OC[C@@H]2OCC1CO1. The molecule has 0 bridgehead atoms. The van der Waals surface area contributed by atoms with E-state index in [2.05, 4.69) is 13.8 Å². The summed E-state index contributed by atoms with van der Waals surface area (Å²) in [6.45, 7) is 9.01. The molecule has 0 radical (unpaired) electrons. The van der Waals surface area contributed by atoms with Crippen LogP contribution >= 0.6 is 0 Å². The maximum atomic E-state index is 10.5. The fourth-order valence-corrected chi connectivity index (χ4v) is 5.41. The fraction of sp³-hybridized carbons (Fsp3) is 1.00. The van der Waals surface area contributed by atoms with E-state index in [4.69, 9.17) is 47.4 Å². The third kappa shape index (κ3) is 5.70. The Balaban J connectivity index is 0.906. The van der Waals surface area contributed by atoms with Gasteiger partial charge >= 0.3 is 0 Å². The van der Waals surface area contributed by atoms with Gasteiger partial charge in [-0.15, -0.1) is 0 Å². The molecule has 6 rings (SSSR count). The first-order valence-corrected chi connectivity index (χ1v) is 12.8. The Morgan fingerprint density at radius 1 is 0.657 bits per heavy atom. The van der Waals surface area contributed by atoms with Crippen molar-refractivity contribution >= 4 is 0 Å². The van der Waals surface area contributed by atoms with E-state index < -0.39 is 6.10 Å². The van der Waals surface area contributed by atoms with Crippen LogP contribution in [0.5, 0.6) is 0 Å². The number of aliphatic hydroxyl groups excluding tert-OH is 1. The molecular weight excluding hydrogens is 464 g/mol. The van der Waals surface area contributed by atoms with Crippen molar-refractivity contribution in [2.45, 2.75) is 80.5 Å². The van der Waals surface area contributed by atoms with Crippen LogP contribution < -0.4 is 0 Å². The minimum Gasteiger partial charge on any atom is -0.388 e. The molecule has 0 aromatic carbocycles. The molecule has 0 spiro atoms. The van der Waals surface area contributed by atoms with Crippen LogP contribution in [0.4, 0.5) is 0 Å². The summed E-state index contributed by atoms with van der Waals surface area (Å²) in [5, 5.41) is 10.5. The van der Waals surface area contributed by atoms with E-state index in [1.54, 1.807) is 0 Å². The Kier molecular flexibility index (Phi) is 7.37. The molecule has 0 aromatic rings. The third-order valence-corrected chi connectivity index (χ3v) is 7.81. The van der Waals surface area contributed by atoms with Crippen molar-refractivity contribution in [2.75, 3.05) is 66.1 Å². The lowest BCUT2D eigenvalue weighted by molar-refractivity contribution is -0.107. The molecule has 6 aliphatic heterocycles. The Hall–Kier alpha value is -0.440. The maximum Gasteiger partial charge on any atom is 0.115 e. The Bertz CT molecular complexity index is 714. The van der Waals surface area contributed by atoms with Gasteiger partial charge in [0.1, 0.15) is 54.9 Å². The number of hydrogen-bond donors (Lipinski definition) is 1. The molecule has 0 aliphatic carbocycles. The highest BCUT2D eigenvalue weighted by atomic mass is 16.7. The van der Waals surface area contributed by atoms with Crippen molar-refractivity contribution in [3.63, 3.8) is 0 Å². The molecule has 200 valence electrons. The predicted octanol–water partition coefficient (Wildman–Crippen LogP) is -0.693. The van der Waals surface area contributed by atoms with E-state index in [0.717, 1.165) is 13.2 Å². The van der Waals surface area contributed by atoms with Crippen molar-refractivity contribution in [1.82, 2.24) is 0 Å². The summed E-state index contributed by atoms with van der Waals surface area (Å²) in [4.78, 5) is 0. The van der Waals surface area contributed by atoms with Gasteiger partial charge in [0.25, 0.3) is 0 Å². The summed E-state index contributed by atoms with van der Waals surface area (Å²) in [7, 11) is 0. The summed E-state index contributed by atoms with van der Waals surface area (Å²) < 4.78 is 58.2. The van der Waals surface area contributed by atoms with Gasteiger partial charge in [-0.3, -0.25) is 0 Å². The average Bonchev–Trinajstić information content (AvgIpc) is 3.66. The first-order valence-electron chi connectivity index (χ1n) is 12.8. The van der Waals surface area contributed by atoms with Gasteiger partial charge in [0.05, 0.1) is 77.8 Å². The second kappa shape index (κ2) is 10.4. The minimum atomic E-state index is -0.774. The number of ether oxygens (including phenoxy) is 10. The normalized spacial score (nSPS) is 45.0. The summed E-state index contributed by atoms with van der Waals surface area (Å²) >= 11 is 0. The zero-order valence-electron chi connectivity index (χ0n) is 20.5. The van der Waals surface area contributed by atoms with Gasteiger partial charge in [-0.1, -0.05) is 0 Å². The van der Waals surface area contributed by atoms with Crippen LogP contribution in [0, 0.1) is 5.92 Å². The molecule has 0 aromatic heterocycles. The highest BCUT2D eigenvalue weighted by molar-refractivity contribution is 5.01. The van der Waals surface area contributed by atoms with E-state index in [1.807, 2.05) is 0 Å². The first kappa shape index (κ1) is 24.9. The van der Waals surface area contributed by atoms with Crippen molar-refractivity contribution in [1.29, 1.82) is 0 Å². The van der Waals surface area contributed by atoms with E-state index in [1.165, 1.54) is 0 Å². The summed E-state index contributed by atoms with van der Waals surface area (Å²) in [6, 6.07) is 0. The fourth-order valence-electron chi connectivity index (χ4n) is 5.41. The topological polar surface area (TPSA) is 119 Å². The van der Waals surface area contributed by atoms with Crippen LogP contribution in [0.15, 0.2) is 0 Å². The van der Waals surface area contributed by atoms with Crippen molar-refractivity contribution in [3.05, 3.63) is 0 Å². The highest BCUT2D eigenvalue weighted by Gasteiger charge is 2.54. The minimum absolute atomic E-state index is 0.0859. The largest absolute Gasteiger partial charge is 0.388 e. The number of rotatable bonds is 13. The molecule has 6 saturated heterocycles. The van der Waals surface area contributed by atoms with Crippen molar-refractivity contribution in [2.24, 2.45) is 5.92 Å². The van der Waals surface area contributed by atoms with Gasteiger partial charge in [-0.25, -0.2) is 0 Å². The molecule has 11 nitrogen and oxygen atoms in total. The number of epoxide rings is 2. The molecule has 1 N–H and O–H groups in total. The molecule has 3 unspecified atom stereocenters. The van der Waals surface area contributed by atoms with E-state index >= 15 is 0 Å². The number of fused-ring (bicyclic) bond motifs is 2. The summed E-state index contributed by atoms with van der Waals surface area (Å²) in [5.41, 5.74) is -0.382. The lowest BCUT2D eigenvalue weighted by Crippen LogP contribution is -2.43. The van der Waals surface area contributed by atoms with Gasteiger partial charge in [-0.2, -0.15) is 0 Å².